The lowest BCUT2D eigenvalue weighted by molar-refractivity contribution is -0.885. The lowest BCUT2D eigenvalue weighted by atomic mass is 10.1. The fourth-order valence-electron chi connectivity index (χ4n) is 2.71. The molecular weight excluding hydrogens is 378 g/mol. The van der Waals surface area contributed by atoms with E-state index < -0.39 is 6.04 Å². The summed E-state index contributed by atoms with van der Waals surface area (Å²) >= 11 is 6.00. The van der Waals surface area contributed by atoms with Crippen LogP contribution in [0.25, 0.3) is 0 Å². The number of quaternary nitrogens is 1. The molecule has 3 N–H and O–H groups in total. The monoisotopic (exact) mass is 404 g/mol. The van der Waals surface area contributed by atoms with Gasteiger partial charge in [0.15, 0.2) is 12.6 Å². The summed E-state index contributed by atoms with van der Waals surface area (Å²) in [5.74, 6) is 0.152. The van der Waals surface area contributed by atoms with Gasteiger partial charge in [-0.15, -0.1) is 0 Å². The Labute approximate surface area is 170 Å². The average molecular weight is 405 g/mol. The van der Waals surface area contributed by atoms with Crippen molar-refractivity contribution >= 4 is 34.8 Å². The predicted octanol–water partition coefficient (Wildman–Crippen LogP) is 2.45. The van der Waals surface area contributed by atoms with Crippen molar-refractivity contribution in [1.82, 2.24) is 0 Å². The van der Waals surface area contributed by atoms with E-state index in [2.05, 4.69) is 10.6 Å². The van der Waals surface area contributed by atoms with Gasteiger partial charge >= 0.3 is 0 Å². The Bertz CT molecular complexity index is 870. The molecule has 0 bridgehead atoms. The molecule has 0 radical (unpaired) electrons. The summed E-state index contributed by atoms with van der Waals surface area (Å²) in [6, 6.07) is 10.5. The molecule has 0 fully saturated rings. The van der Waals surface area contributed by atoms with Crippen LogP contribution in [0.3, 0.4) is 0 Å². The molecule has 2 atom stereocenters. The van der Waals surface area contributed by atoms with Crippen molar-refractivity contribution in [1.29, 1.82) is 0 Å². The Kier molecular flexibility index (Phi) is 7.43. The smallest absolute Gasteiger partial charge is 0.282 e. The van der Waals surface area contributed by atoms with Crippen molar-refractivity contribution in [3.8, 4) is 5.75 Å². The number of amides is 2. The van der Waals surface area contributed by atoms with E-state index in [0.29, 0.717) is 16.5 Å². The Morgan fingerprint density at radius 2 is 1.82 bits per heavy atom. The SMILES string of the molecule is COc1ccc(Cl)cc1NC(=O)[C@H](C)[NH+](C)CC(=O)Nc1cc(C)ccc1C. The summed E-state index contributed by atoms with van der Waals surface area (Å²) in [5.41, 5.74) is 3.36. The third kappa shape index (κ3) is 5.71. The molecule has 0 aliphatic rings. The van der Waals surface area contributed by atoms with Crippen molar-refractivity contribution in [2.24, 2.45) is 0 Å². The molecule has 0 aliphatic heterocycles. The summed E-state index contributed by atoms with van der Waals surface area (Å²) in [6.45, 7) is 5.85. The Morgan fingerprint density at radius 1 is 1.11 bits per heavy atom. The fourth-order valence-corrected chi connectivity index (χ4v) is 2.89. The van der Waals surface area contributed by atoms with Crippen LogP contribution in [0, 0.1) is 13.8 Å². The molecule has 2 rings (SSSR count). The second-order valence-electron chi connectivity index (χ2n) is 6.95. The minimum Gasteiger partial charge on any atom is -0.495 e. The number of nitrogens with one attached hydrogen (secondary N) is 3. The Morgan fingerprint density at radius 3 is 2.50 bits per heavy atom. The predicted molar refractivity (Wildman–Crippen MR) is 112 cm³/mol. The van der Waals surface area contributed by atoms with Gasteiger partial charge < -0.3 is 20.3 Å². The minimum absolute atomic E-state index is 0.147. The number of rotatable bonds is 7. The number of ether oxygens (including phenoxy) is 1. The molecule has 2 aromatic rings. The van der Waals surface area contributed by atoms with E-state index in [1.165, 1.54) is 7.11 Å². The maximum absolute atomic E-state index is 12.6. The molecule has 0 saturated heterocycles. The van der Waals surface area contributed by atoms with E-state index >= 15 is 0 Å². The molecule has 6 nitrogen and oxygen atoms in total. The number of anilines is 2. The van der Waals surface area contributed by atoms with E-state index in [0.717, 1.165) is 21.7 Å². The van der Waals surface area contributed by atoms with Gasteiger partial charge in [0.2, 0.25) is 0 Å². The highest BCUT2D eigenvalue weighted by atomic mass is 35.5. The normalized spacial score (nSPS) is 12.8. The molecule has 150 valence electrons. The van der Waals surface area contributed by atoms with Gasteiger partial charge in [-0.05, 0) is 56.2 Å². The Balaban J connectivity index is 1.98. The van der Waals surface area contributed by atoms with Gasteiger partial charge in [0.1, 0.15) is 5.75 Å². The molecule has 1 unspecified atom stereocenters. The lowest BCUT2D eigenvalue weighted by Gasteiger charge is -2.21. The summed E-state index contributed by atoms with van der Waals surface area (Å²) in [6.07, 6.45) is 0. The third-order valence-electron chi connectivity index (χ3n) is 4.66. The second-order valence-corrected chi connectivity index (χ2v) is 7.38. The van der Waals surface area contributed by atoms with Gasteiger partial charge in [0, 0.05) is 10.7 Å². The summed E-state index contributed by atoms with van der Waals surface area (Å²) in [5, 5.41) is 6.24. The first kappa shape index (κ1) is 21.7. The number of aryl methyl sites for hydroxylation is 2. The molecule has 2 amide bonds. The number of hydrogen-bond acceptors (Lipinski definition) is 3. The zero-order valence-corrected chi connectivity index (χ0v) is 17.6. The van der Waals surface area contributed by atoms with Crippen molar-refractivity contribution < 1.29 is 19.2 Å². The third-order valence-corrected chi connectivity index (χ3v) is 4.89. The van der Waals surface area contributed by atoms with Crippen LogP contribution in [-0.2, 0) is 9.59 Å². The molecule has 28 heavy (non-hydrogen) atoms. The molecule has 0 heterocycles. The number of likely N-dealkylation sites (N-methyl/N-ethyl adjacent to an activating group) is 1. The molecule has 7 heteroatoms. The van der Waals surface area contributed by atoms with Gasteiger partial charge in [-0.3, -0.25) is 9.59 Å². The zero-order valence-electron chi connectivity index (χ0n) is 16.9. The van der Waals surface area contributed by atoms with Crippen LogP contribution in [0.1, 0.15) is 18.1 Å². The summed E-state index contributed by atoms with van der Waals surface area (Å²) < 4.78 is 5.25. The van der Waals surface area contributed by atoms with Gasteiger partial charge in [-0.2, -0.15) is 0 Å². The number of benzene rings is 2. The fraction of sp³-hybridized carbons (Fsp3) is 0.333. The quantitative estimate of drug-likeness (QED) is 0.663. The first-order valence-corrected chi connectivity index (χ1v) is 9.43. The first-order valence-electron chi connectivity index (χ1n) is 9.05. The average Bonchev–Trinajstić information content (AvgIpc) is 2.64. The van der Waals surface area contributed by atoms with Crippen LogP contribution in [0.15, 0.2) is 36.4 Å². The molecule has 0 aromatic heterocycles. The van der Waals surface area contributed by atoms with Crippen LogP contribution in [0.2, 0.25) is 5.02 Å². The largest absolute Gasteiger partial charge is 0.495 e. The first-order chi connectivity index (χ1) is 13.2. The standard InChI is InChI=1S/C21H26ClN3O3/c1-13-6-7-14(2)17(10-13)23-20(26)12-25(4)15(3)21(27)24-18-11-16(22)8-9-19(18)28-5/h6-11,15H,12H2,1-5H3,(H,23,26)(H,24,27)/p+1/t15-/m0/s1. The van der Waals surface area contributed by atoms with E-state index in [1.54, 1.807) is 25.1 Å². The van der Waals surface area contributed by atoms with E-state index in [4.69, 9.17) is 16.3 Å². The highest BCUT2D eigenvalue weighted by Crippen LogP contribution is 2.27. The van der Waals surface area contributed by atoms with Crippen LogP contribution < -0.4 is 20.3 Å². The number of methoxy groups -OCH3 is 1. The van der Waals surface area contributed by atoms with E-state index in [-0.39, 0.29) is 18.4 Å². The van der Waals surface area contributed by atoms with Crippen LogP contribution in [-0.4, -0.2) is 38.6 Å². The molecule has 0 aliphatic carbocycles. The van der Waals surface area contributed by atoms with E-state index in [1.807, 2.05) is 39.1 Å². The van der Waals surface area contributed by atoms with Gasteiger partial charge in [-0.25, -0.2) is 0 Å². The van der Waals surface area contributed by atoms with Gasteiger partial charge in [0.25, 0.3) is 11.8 Å². The van der Waals surface area contributed by atoms with Crippen molar-refractivity contribution in [3.05, 3.63) is 52.5 Å². The van der Waals surface area contributed by atoms with Crippen molar-refractivity contribution in [3.63, 3.8) is 0 Å². The maximum Gasteiger partial charge on any atom is 0.282 e. The van der Waals surface area contributed by atoms with Crippen molar-refractivity contribution in [2.45, 2.75) is 26.8 Å². The molecule has 0 saturated carbocycles. The highest BCUT2D eigenvalue weighted by Gasteiger charge is 2.25. The molecule has 2 aromatic carbocycles. The second kappa shape index (κ2) is 9.57. The number of carbonyl (C=O) groups is 2. The van der Waals surface area contributed by atoms with Crippen LogP contribution >= 0.6 is 11.6 Å². The maximum atomic E-state index is 12.6. The zero-order chi connectivity index (χ0) is 20.8. The lowest BCUT2D eigenvalue weighted by Crippen LogP contribution is -3.14. The molecule has 0 spiro atoms. The Hall–Kier alpha value is -2.57. The number of halogens is 1. The summed E-state index contributed by atoms with van der Waals surface area (Å²) in [7, 11) is 3.33. The number of hydrogen-bond donors (Lipinski definition) is 3. The van der Waals surface area contributed by atoms with Gasteiger partial charge in [-0.1, -0.05) is 23.7 Å². The summed E-state index contributed by atoms with van der Waals surface area (Å²) in [4.78, 5) is 25.8. The number of carbonyl (C=O) groups excluding carboxylic acids is 2. The van der Waals surface area contributed by atoms with E-state index in [9.17, 15) is 9.59 Å². The van der Waals surface area contributed by atoms with Gasteiger partial charge in [0.05, 0.1) is 19.8 Å². The minimum atomic E-state index is -0.451. The molecular formula is C21H27ClN3O3+. The van der Waals surface area contributed by atoms with Crippen LogP contribution in [0.5, 0.6) is 5.75 Å². The highest BCUT2D eigenvalue weighted by molar-refractivity contribution is 6.31. The van der Waals surface area contributed by atoms with Crippen LogP contribution in [0.4, 0.5) is 11.4 Å². The van der Waals surface area contributed by atoms with Crippen molar-refractivity contribution in [2.75, 3.05) is 31.3 Å². The topological polar surface area (TPSA) is 71.9 Å².